The van der Waals surface area contributed by atoms with Gasteiger partial charge >= 0.3 is 0 Å². The van der Waals surface area contributed by atoms with E-state index >= 15 is 0 Å². The number of ether oxygens (including phenoxy) is 2. The molecule has 1 aliphatic rings. The van der Waals surface area contributed by atoms with Crippen molar-refractivity contribution < 1.29 is 50.0 Å². The molecule has 1 amide bonds. The van der Waals surface area contributed by atoms with E-state index in [1.807, 2.05) is 0 Å². The lowest BCUT2D eigenvalue weighted by Crippen LogP contribution is -2.60. The van der Waals surface area contributed by atoms with Gasteiger partial charge in [0.2, 0.25) is 5.91 Å². The summed E-state index contributed by atoms with van der Waals surface area (Å²) in [7, 11) is 0. The first-order chi connectivity index (χ1) is 29.2. The Morgan fingerprint density at radius 3 is 1.23 bits per heavy atom. The highest BCUT2D eigenvalue weighted by Crippen LogP contribution is 2.23. The largest absolute Gasteiger partial charge is 0.394 e. The number of carbonyl (C=O) groups excluding carboxylic acids is 1. The zero-order valence-corrected chi connectivity index (χ0v) is 38.7. The first kappa shape index (κ1) is 57.1. The van der Waals surface area contributed by atoms with E-state index in [0.29, 0.717) is 19.3 Å². The van der Waals surface area contributed by atoms with Gasteiger partial charge in [0.25, 0.3) is 0 Å². The van der Waals surface area contributed by atoms with Gasteiger partial charge in [0.05, 0.1) is 25.4 Å². The van der Waals surface area contributed by atoms with Gasteiger partial charge in [0.15, 0.2) is 6.29 Å². The summed E-state index contributed by atoms with van der Waals surface area (Å²) in [6.07, 6.45) is 30.0. The van der Waals surface area contributed by atoms with Gasteiger partial charge in [-0.05, 0) is 12.8 Å². The fraction of sp³-hybridized carbons (Fsp3) is 0.980. The van der Waals surface area contributed by atoms with Crippen molar-refractivity contribution >= 4 is 5.91 Å². The van der Waals surface area contributed by atoms with Crippen molar-refractivity contribution in [2.45, 2.75) is 294 Å². The molecule has 1 unspecified atom stereocenters. The fourth-order valence-corrected chi connectivity index (χ4v) is 8.44. The first-order valence-electron chi connectivity index (χ1n) is 25.4. The number of amides is 1. The highest BCUT2D eigenvalue weighted by molar-refractivity contribution is 5.80. The van der Waals surface area contributed by atoms with Gasteiger partial charge in [-0.3, -0.25) is 4.79 Å². The number of aliphatic hydroxyl groups is 7. The molecule has 0 saturated carbocycles. The predicted octanol–water partition coefficient (Wildman–Crippen LogP) is 9.06. The van der Waals surface area contributed by atoms with Crippen LogP contribution in [-0.4, -0.2) is 110 Å². The van der Waals surface area contributed by atoms with Crippen molar-refractivity contribution in [3.63, 3.8) is 0 Å². The Kier molecular flexibility index (Phi) is 37.8. The lowest BCUT2D eigenvalue weighted by molar-refractivity contribution is -0.303. The summed E-state index contributed by atoms with van der Waals surface area (Å²) in [5.74, 6) is -0.692. The molecule has 0 aliphatic carbocycles. The number of hydrogen-bond acceptors (Lipinski definition) is 10. The lowest BCUT2D eigenvalue weighted by atomic mass is 9.98. The average Bonchev–Trinajstić information content (AvgIpc) is 3.25. The minimum absolute atomic E-state index is 0.267. The van der Waals surface area contributed by atoms with Crippen molar-refractivity contribution in [3.8, 4) is 0 Å². The van der Waals surface area contributed by atoms with Crippen LogP contribution in [0.4, 0.5) is 0 Å². The molecule has 1 saturated heterocycles. The molecule has 0 aromatic heterocycles. The molecule has 0 radical (unpaired) electrons. The summed E-state index contributed by atoms with van der Waals surface area (Å²) in [5, 5.41) is 75.8. The molecule has 1 rings (SSSR count). The zero-order chi connectivity index (χ0) is 44.1. The van der Waals surface area contributed by atoms with E-state index < -0.39 is 74.2 Å². The van der Waals surface area contributed by atoms with E-state index in [9.17, 15) is 40.5 Å². The van der Waals surface area contributed by atoms with Crippen molar-refractivity contribution in [2.24, 2.45) is 0 Å². The summed E-state index contributed by atoms with van der Waals surface area (Å²) in [6, 6.07) is -1.16. The Morgan fingerprint density at radius 2 is 0.867 bits per heavy atom. The fourth-order valence-electron chi connectivity index (χ4n) is 8.44. The van der Waals surface area contributed by atoms with Crippen LogP contribution in [0.5, 0.6) is 0 Å². The minimum atomic E-state index is -1.66. The number of carbonyl (C=O) groups is 1. The van der Waals surface area contributed by atoms with Crippen LogP contribution in [0.1, 0.15) is 239 Å². The average molecular weight is 860 g/mol. The minimum Gasteiger partial charge on any atom is -0.394 e. The van der Waals surface area contributed by atoms with Crippen molar-refractivity contribution in [3.05, 3.63) is 0 Å². The summed E-state index contributed by atoms with van der Waals surface area (Å²) in [5.41, 5.74) is 0. The molecule has 11 nitrogen and oxygen atoms in total. The Hall–Kier alpha value is -0.890. The van der Waals surface area contributed by atoms with Gasteiger partial charge in [-0.15, -0.1) is 0 Å². The zero-order valence-electron chi connectivity index (χ0n) is 38.7. The third-order valence-corrected chi connectivity index (χ3v) is 12.7. The van der Waals surface area contributed by atoms with Crippen LogP contribution in [0.25, 0.3) is 0 Å². The van der Waals surface area contributed by atoms with Crippen LogP contribution < -0.4 is 5.32 Å². The molecule has 11 heteroatoms. The van der Waals surface area contributed by atoms with Crippen LogP contribution in [0, 0.1) is 0 Å². The van der Waals surface area contributed by atoms with Gasteiger partial charge in [-0.1, -0.05) is 226 Å². The Bertz CT molecular complexity index is 944. The second-order valence-electron chi connectivity index (χ2n) is 18.3. The molecule has 8 N–H and O–H groups in total. The third kappa shape index (κ3) is 28.7. The van der Waals surface area contributed by atoms with Crippen molar-refractivity contribution in [1.29, 1.82) is 0 Å². The molecule has 0 bridgehead atoms. The highest BCUT2D eigenvalue weighted by Gasteiger charge is 2.44. The second-order valence-corrected chi connectivity index (χ2v) is 18.3. The Balaban J connectivity index is 2.36. The van der Waals surface area contributed by atoms with Crippen LogP contribution in [0.15, 0.2) is 0 Å². The highest BCUT2D eigenvalue weighted by atomic mass is 16.7. The molecule has 1 fully saturated rings. The SMILES string of the molecule is CCCCCCCCCCCCCCCCCCCCCCC(O)C(=O)N[C@@H](CO[C@H]1O[C@H](CO)[C@@H](O)[C@H](O)[C@H]1O)[C@H](O)[C@H](O)CCCCCCCCCCCCCCC. The van der Waals surface area contributed by atoms with Gasteiger partial charge in [-0.2, -0.15) is 0 Å². The lowest BCUT2D eigenvalue weighted by Gasteiger charge is -2.40. The second kappa shape index (κ2) is 39.7. The molecule has 1 aliphatic heterocycles. The number of nitrogens with one attached hydrogen (secondary N) is 1. The van der Waals surface area contributed by atoms with Gasteiger partial charge in [0, 0.05) is 0 Å². The normalized spacial score (nSPS) is 21.5. The number of aliphatic hydroxyl groups excluding tert-OH is 7. The molecule has 60 heavy (non-hydrogen) atoms. The van der Waals surface area contributed by atoms with Gasteiger partial charge < -0.3 is 50.5 Å². The van der Waals surface area contributed by atoms with Crippen LogP contribution in [0.3, 0.4) is 0 Å². The van der Waals surface area contributed by atoms with Crippen LogP contribution in [0.2, 0.25) is 0 Å². The van der Waals surface area contributed by atoms with Crippen LogP contribution >= 0.6 is 0 Å². The molecule has 0 aromatic rings. The standard InChI is InChI=1S/C49H97NO10/c1-3-5-7-9-11-13-15-17-18-19-20-21-22-23-25-27-29-31-33-35-37-42(53)48(58)50-40(39-59-49-47(57)46(56)45(55)43(38-51)60-49)44(54)41(52)36-34-32-30-28-26-24-16-14-12-10-8-6-4-2/h40-47,49,51-57H,3-39H2,1-2H3,(H,50,58)/t40-,41+,42?,43+,44-,45+,46-,47+,49-/m0/s1. The monoisotopic (exact) mass is 860 g/mol. The van der Waals surface area contributed by atoms with Gasteiger partial charge in [-0.25, -0.2) is 0 Å². The molecular weight excluding hydrogens is 763 g/mol. The maximum absolute atomic E-state index is 13.1. The van der Waals surface area contributed by atoms with Crippen molar-refractivity contribution in [1.82, 2.24) is 5.32 Å². The third-order valence-electron chi connectivity index (χ3n) is 12.7. The summed E-state index contributed by atoms with van der Waals surface area (Å²) in [4.78, 5) is 13.1. The van der Waals surface area contributed by atoms with E-state index in [0.717, 1.165) is 38.5 Å². The van der Waals surface area contributed by atoms with Crippen LogP contribution in [-0.2, 0) is 14.3 Å². The van der Waals surface area contributed by atoms with E-state index in [1.54, 1.807) is 0 Å². The Morgan fingerprint density at radius 1 is 0.517 bits per heavy atom. The molecular formula is C49H97NO10. The number of hydrogen-bond donors (Lipinski definition) is 8. The molecule has 0 spiro atoms. The number of unbranched alkanes of at least 4 members (excludes halogenated alkanes) is 31. The molecule has 0 aromatic carbocycles. The smallest absolute Gasteiger partial charge is 0.249 e. The van der Waals surface area contributed by atoms with E-state index in [4.69, 9.17) is 9.47 Å². The quantitative estimate of drug-likeness (QED) is 0.0275. The van der Waals surface area contributed by atoms with Crippen molar-refractivity contribution in [2.75, 3.05) is 13.2 Å². The topological polar surface area (TPSA) is 189 Å². The number of rotatable bonds is 43. The van der Waals surface area contributed by atoms with E-state index in [1.165, 1.54) is 161 Å². The summed E-state index contributed by atoms with van der Waals surface area (Å²) < 4.78 is 11.1. The Labute approximate surface area is 367 Å². The van der Waals surface area contributed by atoms with E-state index in [2.05, 4.69) is 19.2 Å². The maximum Gasteiger partial charge on any atom is 0.249 e. The molecule has 1 heterocycles. The summed E-state index contributed by atoms with van der Waals surface area (Å²) in [6.45, 7) is 3.46. The van der Waals surface area contributed by atoms with Gasteiger partial charge in [0.1, 0.15) is 36.6 Å². The molecule has 9 atom stereocenters. The first-order valence-corrected chi connectivity index (χ1v) is 25.4. The maximum atomic E-state index is 13.1. The summed E-state index contributed by atoms with van der Waals surface area (Å²) >= 11 is 0. The predicted molar refractivity (Wildman–Crippen MR) is 243 cm³/mol. The molecule has 358 valence electrons. The van der Waals surface area contributed by atoms with E-state index in [-0.39, 0.29) is 6.42 Å².